The zero-order chi connectivity index (χ0) is 13.2. The lowest BCUT2D eigenvalue weighted by Crippen LogP contribution is -1.87. The largest absolute Gasteiger partial charge is 0.398 e. The molecule has 3 aromatic rings. The Morgan fingerprint density at radius 2 is 2.05 bits per heavy atom. The number of hydrogen-bond acceptors (Lipinski definition) is 4. The van der Waals surface area contributed by atoms with Gasteiger partial charge in [0.15, 0.2) is 0 Å². The number of thiazole rings is 1. The van der Waals surface area contributed by atoms with Crippen LogP contribution in [0.2, 0.25) is 0 Å². The van der Waals surface area contributed by atoms with Gasteiger partial charge >= 0.3 is 0 Å². The Labute approximate surface area is 123 Å². The molecule has 2 heterocycles. The standard InChI is InChI=1S/C14H10BrN3S/c15-11-4-3-9(6-12(11)16)13-8-19-14(18-13)10-2-1-5-17-7-10/h1-8H,16H2. The molecule has 3 rings (SSSR count). The van der Waals surface area contributed by atoms with Gasteiger partial charge in [-0.15, -0.1) is 11.3 Å². The summed E-state index contributed by atoms with van der Waals surface area (Å²) in [5.41, 5.74) is 9.60. The van der Waals surface area contributed by atoms with E-state index >= 15 is 0 Å². The highest BCUT2D eigenvalue weighted by Crippen LogP contribution is 2.31. The quantitative estimate of drug-likeness (QED) is 0.715. The second-order valence-corrected chi connectivity index (χ2v) is 5.73. The molecule has 0 amide bonds. The molecule has 3 nitrogen and oxygen atoms in total. The minimum atomic E-state index is 0.716. The van der Waals surface area contributed by atoms with E-state index in [2.05, 4.69) is 25.9 Å². The fourth-order valence-electron chi connectivity index (χ4n) is 1.73. The molecule has 0 atom stereocenters. The molecule has 5 heteroatoms. The lowest BCUT2D eigenvalue weighted by molar-refractivity contribution is 1.31. The predicted molar refractivity (Wildman–Crippen MR) is 82.9 cm³/mol. The molecule has 0 unspecified atom stereocenters. The number of nitrogens with two attached hydrogens (primary N) is 1. The second-order valence-electron chi connectivity index (χ2n) is 4.02. The number of nitrogens with zero attached hydrogens (tertiary/aromatic N) is 2. The number of hydrogen-bond donors (Lipinski definition) is 1. The normalized spacial score (nSPS) is 10.6. The van der Waals surface area contributed by atoms with E-state index in [1.807, 2.05) is 41.9 Å². The Morgan fingerprint density at radius 3 is 2.79 bits per heavy atom. The van der Waals surface area contributed by atoms with Gasteiger partial charge in [0.1, 0.15) is 5.01 Å². The summed E-state index contributed by atoms with van der Waals surface area (Å²) < 4.78 is 0.902. The summed E-state index contributed by atoms with van der Waals surface area (Å²) in [6, 6.07) is 9.78. The van der Waals surface area contributed by atoms with Gasteiger partial charge in [0.25, 0.3) is 0 Å². The van der Waals surface area contributed by atoms with Gasteiger partial charge in [0, 0.05) is 39.1 Å². The van der Waals surface area contributed by atoms with Crippen LogP contribution in [-0.4, -0.2) is 9.97 Å². The first-order chi connectivity index (χ1) is 9.24. The van der Waals surface area contributed by atoms with Gasteiger partial charge in [-0.1, -0.05) is 6.07 Å². The third-order valence-corrected chi connectivity index (χ3v) is 4.32. The molecule has 19 heavy (non-hydrogen) atoms. The van der Waals surface area contributed by atoms with Crippen LogP contribution >= 0.6 is 27.3 Å². The first-order valence-electron chi connectivity index (χ1n) is 5.65. The molecular formula is C14H10BrN3S. The van der Waals surface area contributed by atoms with Crippen LogP contribution in [0, 0.1) is 0 Å². The van der Waals surface area contributed by atoms with Crippen molar-refractivity contribution in [3.05, 3.63) is 52.6 Å². The van der Waals surface area contributed by atoms with Crippen LogP contribution in [0.25, 0.3) is 21.8 Å². The van der Waals surface area contributed by atoms with Crippen molar-refractivity contribution in [1.82, 2.24) is 9.97 Å². The highest BCUT2D eigenvalue weighted by atomic mass is 79.9. The lowest BCUT2D eigenvalue weighted by Gasteiger charge is -2.01. The van der Waals surface area contributed by atoms with Crippen molar-refractivity contribution in [2.75, 3.05) is 5.73 Å². The number of benzene rings is 1. The Morgan fingerprint density at radius 1 is 1.16 bits per heavy atom. The molecule has 2 N–H and O–H groups in total. The summed E-state index contributed by atoms with van der Waals surface area (Å²) in [4.78, 5) is 8.74. The molecule has 0 spiro atoms. The summed E-state index contributed by atoms with van der Waals surface area (Å²) in [7, 11) is 0. The van der Waals surface area contributed by atoms with Gasteiger partial charge in [-0.05, 0) is 40.2 Å². The molecule has 0 saturated heterocycles. The van der Waals surface area contributed by atoms with Crippen molar-refractivity contribution in [3.63, 3.8) is 0 Å². The Kier molecular flexibility index (Phi) is 3.31. The van der Waals surface area contributed by atoms with E-state index in [9.17, 15) is 0 Å². The smallest absolute Gasteiger partial charge is 0.125 e. The molecule has 1 aromatic carbocycles. The van der Waals surface area contributed by atoms with E-state index in [1.165, 1.54) is 0 Å². The molecule has 0 aliphatic rings. The Hall–Kier alpha value is -1.72. The van der Waals surface area contributed by atoms with Gasteiger partial charge < -0.3 is 5.73 Å². The number of aromatic nitrogens is 2. The second kappa shape index (κ2) is 5.11. The SMILES string of the molecule is Nc1cc(-c2csc(-c3cccnc3)n2)ccc1Br. The maximum Gasteiger partial charge on any atom is 0.125 e. The number of nitrogen functional groups attached to an aromatic ring is 1. The first-order valence-corrected chi connectivity index (χ1v) is 7.32. The van der Waals surface area contributed by atoms with Crippen LogP contribution in [0.15, 0.2) is 52.6 Å². The highest BCUT2D eigenvalue weighted by molar-refractivity contribution is 9.10. The van der Waals surface area contributed by atoms with Gasteiger partial charge in [0.05, 0.1) is 5.69 Å². The monoisotopic (exact) mass is 331 g/mol. The van der Waals surface area contributed by atoms with Crippen molar-refractivity contribution >= 4 is 33.0 Å². The van der Waals surface area contributed by atoms with Crippen LogP contribution in [0.1, 0.15) is 0 Å². The fraction of sp³-hybridized carbons (Fsp3) is 0. The summed E-state index contributed by atoms with van der Waals surface area (Å²) >= 11 is 5.00. The summed E-state index contributed by atoms with van der Waals surface area (Å²) in [6.07, 6.45) is 3.58. The minimum absolute atomic E-state index is 0.716. The third-order valence-electron chi connectivity index (χ3n) is 2.70. The van der Waals surface area contributed by atoms with Crippen LogP contribution in [0.4, 0.5) is 5.69 Å². The van der Waals surface area contributed by atoms with Gasteiger partial charge in [-0.3, -0.25) is 4.98 Å². The van der Waals surface area contributed by atoms with E-state index in [1.54, 1.807) is 17.5 Å². The maximum atomic E-state index is 5.89. The number of pyridine rings is 1. The maximum absolute atomic E-state index is 5.89. The van der Waals surface area contributed by atoms with Gasteiger partial charge in [-0.2, -0.15) is 0 Å². The molecule has 0 fully saturated rings. The highest BCUT2D eigenvalue weighted by Gasteiger charge is 2.07. The number of halogens is 1. The van der Waals surface area contributed by atoms with E-state index in [4.69, 9.17) is 5.73 Å². The molecular weight excluding hydrogens is 322 g/mol. The van der Waals surface area contributed by atoms with Crippen LogP contribution in [0.5, 0.6) is 0 Å². The van der Waals surface area contributed by atoms with Gasteiger partial charge in [0.2, 0.25) is 0 Å². The first kappa shape index (κ1) is 12.3. The van der Waals surface area contributed by atoms with Crippen molar-refractivity contribution in [1.29, 1.82) is 0 Å². The Bertz CT molecular complexity index is 710. The zero-order valence-electron chi connectivity index (χ0n) is 9.88. The molecule has 0 radical (unpaired) electrons. The van der Waals surface area contributed by atoms with Crippen molar-refractivity contribution in [2.24, 2.45) is 0 Å². The van der Waals surface area contributed by atoms with Crippen molar-refractivity contribution < 1.29 is 0 Å². The topological polar surface area (TPSA) is 51.8 Å². The average molecular weight is 332 g/mol. The summed E-state index contributed by atoms with van der Waals surface area (Å²) in [6.45, 7) is 0. The third kappa shape index (κ3) is 2.52. The van der Waals surface area contributed by atoms with Gasteiger partial charge in [-0.25, -0.2) is 4.98 Å². The van der Waals surface area contributed by atoms with Crippen molar-refractivity contribution in [3.8, 4) is 21.8 Å². The van der Waals surface area contributed by atoms with E-state index in [0.717, 1.165) is 26.3 Å². The average Bonchev–Trinajstić information content (AvgIpc) is 2.93. The van der Waals surface area contributed by atoms with Crippen LogP contribution in [-0.2, 0) is 0 Å². The van der Waals surface area contributed by atoms with E-state index in [0.29, 0.717) is 5.69 Å². The van der Waals surface area contributed by atoms with E-state index < -0.39 is 0 Å². The molecule has 0 aliphatic carbocycles. The number of anilines is 1. The predicted octanol–water partition coefficient (Wildman–Crippen LogP) is 4.22. The summed E-state index contributed by atoms with van der Waals surface area (Å²) in [5.74, 6) is 0. The fourth-order valence-corrected chi connectivity index (χ4v) is 2.80. The molecule has 0 bridgehead atoms. The number of rotatable bonds is 2. The summed E-state index contributed by atoms with van der Waals surface area (Å²) in [5, 5.41) is 3.00. The van der Waals surface area contributed by atoms with E-state index in [-0.39, 0.29) is 0 Å². The minimum Gasteiger partial charge on any atom is -0.398 e. The molecule has 2 aromatic heterocycles. The molecule has 0 saturated carbocycles. The molecule has 0 aliphatic heterocycles. The zero-order valence-corrected chi connectivity index (χ0v) is 12.3. The van der Waals surface area contributed by atoms with Crippen molar-refractivity contribution in [2.45, 2.75) is 0 Å². The van der Waals surface area contributed by atoms with Crippen LogP contribution in [0.3, 0.4) is 0 Å². The molecule has 94 valence electrons. The van der Waals surface area contributed by atoms with Crippen LogP contribution < -0.4 is 5.73 Å². The lowest BCUT2D eigenvalue weighted by atomic mass is 10.1. The Balaban J connectivity index is 1.99.